The molecular formula is C13H16N2O. The Morgan fingerprint density at radius 3 is 2.81 bits per heavy atom. The lowest BCUT2D eigenvalue weighted by Crippen LogP contribution is -2.02. The van der Waals surface area contributed by atoms with E-state index in [0.29, 0.717) is 11.7 Å². The third-order valence-corrected chi connectivity index (χ3v) is 3.60. The second kappa shape index (κ2) is 3.51. The summed E-state index contributed by atoms with van der Waals surface area (Å²) in [4.78, 5) is 0. The Hall–Kier alpha value is -1.51. The van der Waals surface area contributed by atoms with Crippen LogP contribution in [0.25, 0.3) is 10.9 Å². The van der Waals surface area contributed by atoms with Crippen LogP contribution in [0.4, 0.5) is 0 Å². The van der Waals surface area contributed by atoms with Gasteiger partial charge < -0.3 is 5.11 Å². The maximum absolute atomic E-state index is 9.57. The normalized spacial score (nSPS) is 17.3. The van der Waals surface area contributed by atoms with Crippen LogP contribution >= 0.6 is 0 Å². The summed E-state index contributed by atoms with van der Waals surface area (Å²) in [6, 6.07) is 5.44. The number of aryl methyl sites for hydroxylation is 1. The molecule has 0 spiro atoms. The minimum Gasteiger partial charge on any atom is -0.508 e. The van der Waals surface area contributed by atoms with Gasteiger partial charge in [-0.05, 0) is 31.0 Å². The second-order valence-corrected chi connectivity index (χ2v) is 4.69. The zero-order valence-electron chi connectivity index (χ0n) is 9.48. The van der Waals surface area contributed by atoms with Crippen LogP contribution < -0.4 is 0 Å². The molecule has 1 aromatic carbocycles. The SMILES string of the molecule is Cn1nc2ccc(O)cc2c1C1CCCC1. The van der Waals surface area contributed by atoms with E-state index in [0.717, 1.165) is 10.9 Å². The van der Waals surface area contributed by atoms with Gasteiger partial charge in [-0.3, -0.25) is 4.68 Å². The number of hydrogen-bond acceptors (Lipinski definition) is 2. The summed E-state index contributed by atoms with van der Waals surface area (Å²) in [6.45, 7) is 0. The average molecular weight is 216 g/mol. The molecule has 3 heteroatoms. The van der Waals surface area contributed by atoms with E-state index in [9.17, 15) is 5.11 Å². The van der Waals surface area contributed by atoms with E-state index in [1.54, 1.807) is 6.07 Å². The summed E-state index contributed by atoms with van der Waals surface area (Å²) in [5.41, 5.74) is 2.28. The lowest BCUT2D eigenvalue weighted by molar-refractivity contribution is 0.476. The molecule has 1 aliphatic rings. The number of hydrogen-bond donors (Lipinski definition) is 1. The van der Waals surface area contributed by atoms with E-state index in [2.05, 4.69) is 5.10 Å². The molecule has 3 nitrogen and oxygen atoms in total. The van der Waals surface area contributed by atoms with Gasteiger partial charge in [-0.1, -0.05) is 12.8 Å². The van der Waals surface area contributed by atoms with Gasteiger partial charge in [-0.15, -0.1) is 0 Å². The van der Waals surface area contributed by atoms with E-state index in [-0.39, 0.29) is 0 Å². The molecule has 0 radical (unpaired) electrons. The maximum atomic E-state index is 9.57. The van der Waals surface area contributed by atoms with Crippen molar-refractivity contribution in [1.29, 1.82) is 0 Å². The van der Waals surface area contributed by atoms with Gasteiger partial charge in [0.05, 0.1) is 5.52 Å². The quantitative estimate of drug-likeness (QED) is 0.795. The Labute approximate surface area is 94.7 Å². The smallest absolute Gasteiger partial charge is 0.116 e. The van der Waals surface area contributed by atoms with Crippen molar-refractivity contribution >= 4 is 10.9 Å². The molecule has 2 aromatic rings. The molecule has 16 heavy (non-hydrogen) atoms. The molecule has 0 bridgehead atoms. The molecule has 0 atom stereocenters. The van der Waals surface area contributed by atoms with E-state index >= 15 is 0 Å². The highest BCUT2D eigenvalue weighted by Crippen LogP contribution is 2.38. The largest absolute Gasteiger partial charge is 0.508 e. The number of nitrogens with zero attached hydrogens (tertiary/aromatic N) is 2. The number of phenolic OH excluding ortho intramolecular Hbond substituents is 1. The Kier molecular flexibility index (Phi) is 2.13. The van der Waals surface area contributed by atoms with Crippen molar-refractivity contribution in [3.63, 3.8) is 0 Å². The molecule has 0 unspecified atom stereocenters. The highest BCUT2D eigenvalue weighted by Gasteiger charge is 2.23. The fourth-order valence-corrected chi connectivity index (χ4v) is 2.89. The number of fused-ring (bicyclic) bond motifs is 1. The van der Waals surface area contributed by atoms with E-state index < -0.39 is 0 Å². The van der Waals surface area contributed by atoms with Gasteiger partial charge in [0.15, 0.2) is 0 Å². The zero-order chi connectivity index (χ0) is 11.1. The maximum Gasteiger partial charge on any atom is 0.116 e. The Bertz CT molecular complexity index is 524. The van der Waals surface area contributed by atoms with Gasteiger partial charge in [0.2, 0.25) is 0 Å². The highest BCUT2D eigenvalue weighted by atomic mass is 16.3. The predicted octanol–water partition coefficient (Wildman–Crippen LogP) is 2.94. The van der Waals surface area contributed by atoms with Crippen molar-refractivity contribution in [2.45, 2.75) is 31.6 Å². The molecule has 1 aliphatic carbocycles. The number of rotatable bonds is 1. The highest BCUT2D eigenvalue weighted by molar-refractivity contribution is 5.83. The third-order valence-electron chi connectivity index (χ3n) is 3.60. The molecule has 3 rings (SSSR count). The van der Waals surface area contributed by atoms with Gasteiger partial charge in [-0.2, -0.15) is 5.10 Å². The lowest BCUT2D eigenvalue weighted by Gasteiger charge is -2.10. The first-order valence-electron chi connectivity index (χ1n) is 5.91. The molecule has 1 heterocycles. The number of aromatic nitrogens is 2. The van der Waals surface area contributed by atoms with E-state index in [1.807, 2.05) is 23.9 Å². The first-order valence-corrected chi connectivity index (χ1v) is 5.91. The van der Waals surface area contributed by atoms with E-state index in [1.165, 1.54) is 31.4 Å². The van der Waals surface area contributed by atoms with Crippen molar-refractivity contribution in [2.24, 2.45) is 7.05 Å². The molecule has 0 saturated heterocycles. The van der Waals surface area contributed by atoms with Crippen LogP contribution in [-0.2, 0) is 7.05 Å². The minimum atomic E-state index is 0.333. The number of benzene rings is 1. The van der Waals surface area contributed by atoms with E-state index in [4.69, 9.17) is 0 Å². The van der Waals surface area contributed by atoms with Crippen molar-refractivity contribution in [3.05, 3.63) is 23.9 Å². The van der Waals surface area contributed by atoms with Crippen LogP contribution in [0.5, 0.6) is 5.75 Å². The van der Waals surface area contributed by atoms with Crippen molar-refractivity contribution < 1.29 is 5.11 Å². The monoisotopic (exact) mass is 216 g/mol. The van der Waals surface area contributed by atoms with Crippen LogP contribution in [0.15, 0.2) is 18.2 Å². The van der Waals surface area contributed by atoms with Crippen molar-refractivity contribution in [2.75, 3.05) is 0 Å². The molecule has 1 saturated carbocycles. The summed E-state index contributed by atoms with van der Waals surface area (Å²) in [5, 5.41) is 15.2. The van der Waals surface area contributed by atoms with Crippen LogP contribution in [0.1, 0.15) is 37.3 Å². The van der Waals surface area contributed by atoms with Crippen LogP contribution in [0.3, 0.4) is 0 Å². The van der Waals surface area contributed by atoms with Crippen LogP contribution in [0.2, 0.25) is 0 Å². The van der Waals surface area contributed by atoms with Gasteiger partial charge in [-0.25, -0.2) is 0 Å². The third kappa shape index (κ3) is 1.39. The van der Waals surface area contributed by atoms with Gasteiger partial charge >= 0.3 is 0 Å². The summed E-state index contributed by atoms with van der Waals surface area (Å²) < 4.78 is 1.99. The molecule has 1 aromatic heterocycles. The number of phenols is 1. The zero-order valence-corrected chi connectivity index (χ0v) is 9.48. The summed E-state index contributed by atoms with van der Waals surface area (Å²) in [5.74, 6) is 0.955. The molecule has 0 amide bonds. The minimum absolute atomic E-state index is 0.333. The Morgan fingerprint density at radius 1 is 1.31 bits per heavy atom. The van der Waals surface area contributed by atoms with Crippen LogP contribution in [-0.4, -0.2) is 14.9 Å². The van der Waals surface area contributed by atoms with Gasteiger partial charge in [0.25, 0.3) is 0 Å². The summed E-state index contributed by atoms with van der Waals surface area (Å²) in [6.07, 6.45) is 5.14. The summed E-state index contributed by atoms with van der Waals surface area (Å²) in [7, 11) is 2.00. The molecule has 0 aliphatic heterocycles. The predicted molar refractivity (Wildman–Crippen MR) is 63.6 cm³/mol. The molecular weight excluding hydrogens is 200 g/mol. The van der Waals surface area contributed by atoms with Crippen molar-refractivity contribution in [1.82, 2.24) is 9.78 Å². The average Bonchev–Trinajstić information content (AvgIpc) is 2.83. The van der Waals surface area contributed by atoms with Gasteiger partial charge in [0, 0.05) is 24.0 Å². The topological polar surface area (TPSA) is 38.0 Å². The van der Waals surface area contributed by atoms with Crippen molar-refractivity contribution in [3.8, 4) is 5.75 Å². The molecule has 1 fully saturated rings. The standard InChI is InChI=1S/C13H16N2O/c1-15-13(9-4-2-3-5-9)11-8-10(16)6-7-12(11)14-15/h6-9,16H,2-5H2,1H3. The van der Waals surface area contributed by atoms with Crippen LogP contribution in [0, 0.1) is 0 Å². The fourth-order valence-electron chi connectivity index (χ4n) is 2.89. The second-order valence-electron chi connectivity index (χ2n) is 4.69. The van der Waals surface area contributed by atoms with Gasteiger partial charge in [0.1, 0.15) is 5.75 Å². The fraction of sp³-hybridized carbons (Fsp3) is 0.462. The first-order chi connectivity index (χ1) is 7.75. The lowest BCUT2D eigenvalue weighted by atomic mass is 10.0. The molecule has 84 valence electrons. The first kappa shape index (κ1) is 9.70. The Morgan fingerprint density at radius 2 is 2.06 bits per heavy atom. The summed E-state index contributed by atoms with van der Waals surface area (Å²) >= 11 is 0. The number of aromatic hydroxyl groups is 1. The molecule has 1 N–H and O–H groups in total. The Balaban J connectivity index is 2.20.